The Bertz CT molecular complexity index is 3980. The zero-order valence-corrected chi connectivity index (χ0v) is 38.2. The monoisotopic (exact) mass is 889 g/mol. The van der Waals surface area contributed by atoms with Crippen LogP contribution in [0.25, 0.3) is 66.4 Å². The lowest BCUT2D eigenvalue weighted by atomic mass is 9.68. The van der Waals surface area contributed by atoms with E-state index in [2.05, 4.69) is 260 Å². The number of para-hydroxylation sites is 2. The summed E-state index contributed by atoms with van der Waals surface area (Å²) >= 11 is 0. The lowest BCUT2D eigenvalue weighted by Gasteiger charge is -2.34. The largest absolute Gasteiger partial charge is 0.455 e. The Morgan fingerprint density at radius 3 is 1.39 bits per heavy atom. The van der Waals surface area contributed by atoms with Gasteiger partial charge in [-0.05, 0) is 126 Å². The highest BCUT2D eigenvalue weighted by atomic mass is 16.3. The average molecular weight is 890 g/mol. The van der Waals surface area contributed by atoms with Crippen LogP contribution in [0.1, 0.15) is 44.5 Å². The molecule has 0 bridgehead atoms. The van der Waals surface area contributed by atoms with Gasteiger partial charge in [-0.3, -0.25) is 0 Å². The van der Waals surface area contributed by atoms with Crippen LogP contribution in [0.5, 0.6) is 0 Å². The molecule has 1 spiro atoms. The average Bonchev–Trinajstić information content (AvgIpc) is 4.15. The van der Waals surface area contributed by atoms with Gasteiger partial charge < -0.3 is 9.32 Å². The van der Waals surface area contributed by atoms with E-state index in [0.717, 1.165) is 50.1 Å². The van der Waals surface area contributed by atoms with Gasteiger partial charge in [0, 0.05) is 33.4 Å². The number of rotatable bonds is 6. The van der Waals surface area contributed by atoms with Crippen LogP contribution in [0, 0.1) is 0 Å². The van der Waals surface area contributed by atoms with E-state index >= 15 is 0 Å². The molecule has 326 valence electrons. The number of anilines is 3. The minimum absolute atomic E-state index is 0.485. The molecule has 1 aromatic heterocycles. The van der Waals surface area contributed by atoms with Gasteiger partial charge in [-0.1, -0.05) is 218 Å². The van der Waals surface area contributed by atoms with E-state index in [1.54, 1.807) is 0 Å². The third-order valence-electron chi connectivity index (χ3n) is 15.8. The predicted octanol–water partition coefficient (Wildman–Crippen LogP) is 17.4. The third kappa shape index (κ3) is 5.17. The Kier molecular flexibility index (Phi) is 8.24. The second-order valence-corrected chi connectivity index (χ2v) is 19.0. The highest BCUT2D eigenvalue weighted by Crippen LogP contribution is 2.64. The van der Waals surface area contributed by atoms with Crippen molar-refractivity contribution in [2.45, 2.75) is 10.8 Å². The number of hydrogen-bond acceptors (Lipinski definition) is 2. The first-order valence-corrected chi connectivity index (χ1v) is 24.3. The number of furan rings is 1. The topological polar surface area (TPSA) is 16.4 Å². The van der Waals surface area contributed by atoms with E-state index in [1.807, 2.05) is 6.07 Å². The van der Waals surface area contributed by atoms with Crippen molar-refractivity contribution in [2.75, 3.05) is 4.90 Å². The second-order valence-electron chi connectivity index (χ2n) is 19.0. The highest BCUT2D eigenvalue weighted by Gasteiger charge is 2.52. The Labute approximate surface area is 407 Å². The van der Waals surface area contributed by atoms with Gasteiger partial charge in [0.25, 0.3) is 0 Å². The summed E-state index contributed by atoms with van der Waals surface area (Å²) in [5.41, 5.74) is 24.2. The Hall–Kier alpha value is -8.98. The number of nitrogens with zero attached hydrogens (tertiary/aromatic N) is 1. The molecule has 70 heavy (non-hydrogen) atoms. The summed E-state index contributed by atoms with van der Waals surface area (Å²) in [6.45, 7) is 0. The first kappa shape index (κ1) is 39.1. The third-order valence-corrected chi connectivity index (χ3v) is 15.8. The fourth-order valence-corrected chi connectivity index (χ4v) is 13.0. The maximum atomic E-state index is 6.66. The molecule has 15 rings (SSSR count). The normalized spacial score (nSPS) is 13.9. The van der Waals surface area contributed by atoms with Crippen molar-refractivity contribution in [3.05, 3.63) is 305 Å². The summed E-state index contributed by atoms with van der Waals surface area (Å²) in [6, 6.07) is 96.7. The number of benzene rings is 11. The quantitative estimate of drug-likeness (QED) is 0.165. The molecule has 0 N–H and O–H groups in total. The van der Waals surface area contributed by atoms with Crippen LogP contribution >= 0.6 is 0 Å². The minimum atomic E-state index is -0.502. The van der Waals surface area contributed by atoms with Crippen LogP contribution in [0.2, 0.25) is 0 Å². The van der Waals surface area contributed by atoms with Crippen LogP contribution in [-0.4, -0.2) is 0 Å². The lowest BCUT2D eigenvalue weighted by molar-refractivity contribution is 0.670. The standard InChI is InChI=1S/C68H43NO/c1-3-20-45(21-4-1)67(46-22-5-2-6-23-46)59-32-12-10-28-54(59)58-42-48(38-40-63(58)67)69(47-24-17-19-44(41-47)50-30-18-31-57-56-29-11-16-36-65(56)70-66(50)57)49-37-39-55-53-27-9-15-35-62(53)68(64(55)43-49)60-33-13-7-25-51(60)52-26-8-14-34-61(52)68/h1-43H. The summed E-state index contributed by atoms with van der Waals surface area (Å²) in [4.78, 5) is 2.49. The van der Waals surface area contributed by atoms with Crippen molar-refractivity contribution in [3.8, 4) is 44.5 Å². The van der Waals surface area contributed by atoms with Crippen molar-refractivity contribution in [2.24, 2.45) is 0 Å². The molecule has 12 aromatic rings. The molecular weight excluding hydrogens is 847 g/mol. The summed E-state index contributed by atoms with van der Waals surface area (Å²) < 4.78 is 6.66. The zero-order valence-electron chi connectivity index (χ0n) is 38.2. The van der Waals surface area contributed by atoms with Crippen molar-refractivity contribution >= 4 is 39.0 Å². The van der Waals surface area contributed by atoms with Crippen molar-refractivity contribution in [3.63, 3.8) is 0 Å². The molecule has 1 heterocycles. The van der Waals surface area contributed by atoms with E-state index in [0.29, 0.717) is 0 Å². The molecule has 0 unspecified atom stereocenters. The zero-order chi connectivity index (χ0) is 46.0. The maximum Gasteiger partial charge on any atom is 0.143 e. The van der Waals surface area contributed by atoms with E-state index in [1.165, 1.54) is 77.9 Å². The van der Waals surface area contributed by atoms with E-state index in [9.17, 15) is 0 Å². The molecule has 3 aliphatic rings. The van der Waals surface area contributed by atoms with Gasteiger partial charge in [-0.15, -0.1) is 0 Å². The molecule has 0 radical (unpaired) electrons. The van der Waals surface area contributed by atoms with Gasteiger partial charge in [0.2, 0.25) is 0 Å². The minimum Gasteiger partial charge on any atom is -0.455 e. The number of fused-ring (bicyclic) bond motifs is 16. The van der Waals surface area contributed by atoms with Gasteiger partial charge in [0.1, 0.15) is 11.2 Å². The second kappa shape index (κ2) is 14.8. The van der Waals surface area contributed by atoms with Crippen LogP contribution < -0.4 is 4.90 Å². The van der Waals surface area contributed by atoms with E-state index in [-0.39, 0.29) is 0 Å². The molecule has 11 aromatic carbocycles. The molecule has 3 aliphatic carbocycles. The van der Waals surface area contributed by atoms with Crippen LogP contribution in [0.15, 0.2) is 265 Å². The summed E-state index contributed by atoms with van der Waals surface area (Å²) in [7, 11) is 0. The molecule has 0 saturated carbocycles. The van der Waals surface area contributed by atoms with Crippen LogP contribution in [0.3, 0.4) is 0 Å². The maximum absolute atomic E-state index is 6.66. The smallest absolute Gasteiger partial charge is 0.143 e. The van der Waals surface area contributed by atoms with Gasteiger partial charge in [0.05, 0.1) is 10.8 Å². The predicted molar refractivity (Wildman–Crippen MR) is 287 cm³/mol. The van der Waals surface area contributed by atoms with E-state index in [4.69, 9.17) is 4.42 Å². The molecule has 0 fully saturated rings. The lowest BCUT2D eigenvalue weighted by Crippen LogP contribution is -2.28. The summed E-state index contributed by atoms with van der Waals surface area (Å²) in [5.74, 6) is 0. The molecule has 2 heteroatoms. The van der Waals surface area contributed by atoms with Crippen molar-refractivity contribution in [1.82, 2.24) is 0 Å². The molecule has 2 nitrogen and oxygen atoms in total. The molecular formula is C68H43NO. The SMILES string of the molecule is c1ccc(C2(c3ccccc3)c3ccccc3-c3cc(N(c4cccc(-c5cccc6c5oc5ccccc56)c4)c4ccc5c(c4)C4(c6ccccc6-c6ccccc64)c4ccccc4-5)ccc32)cc1. The summed E-state index contributed by atoms with van der Waals surface area (Å²) in [5, 5.41) is 2.24. The molecule has 0 aliphatic heterocycles. The van der Waals surface area contributed by atoms with Crippen LogP contribution in [0.4, 0.5) is 17.1 Å². The Morgan fingerprint density at radius 1 is 0.271 bits per heavy atom. The molecule has 0 atom stereocenters. The number of hydrogen-bond donors (Lipinski definition) is 0. The fourth-order valence-electron chi connectivity index (χ4n) is 13.0. The van der Waals surface area contributed by atoms with Crippen molar-refractivity contribution in [1.29, 1.82) is 0 Å². The highest BCUT2D eigenvalue weighted by molar-refractivity contribution is 6.10. The Morgan fingerprint density at radius 2 is 0.729 bits per heavy atom. The molecule has 0 saturated heterocycles. The molecule has 0 amide bonds. The van der Waals surface area contributed by atoms with E-state index < -0.39 is 10.8 Å². The van der Waals surface area contributed by atoms with Gasteiger partial charge >= 0.3 is 0 Å². The Balaban J connectivity index is 0.994. The fraction of sp³-hybridized carbons (Fsp3) is 0.0294. The van der Waals surface area contributed by atoms with Crippen molar-refractivity contribution < 1.29 is 4.42 Å². The first-order valence-electron chi connectivity index (χ1n) is 24.3. The summed E-state index contributed by atoms with van der Waals surface area (Å²) in [6.07, 6.45) is 0. The van der Waals surface area contributed by atoms with Gasteiger partial charge in [-0.2, -0.15) is 0 Å². The van der Waals surface area contributed by atoms with Gasteiger partial charge in [-0.25, -0.2) is 0 Å². The first-order chi connectivity index (χ1) is 34.7. The van der Waals surface area contributed by atoms with Gasteiger partial charge in [0.15, 0.2) is 0 Å². The van der Waals surface area contributed by atoms with Crippen LogP contribution in [-0.2, 0) is 10.8 Å².